The Labute approximate surface area is 264 Å². The van der Waals surface area contributed by atoms with Crippen molar-refractivity contribution >= 4 is 21.6 Å². The summed E-state index contributed by atoms with van der Waals surface area (Å²) in [5, 5.41) is 3.56. The van der Waals surface area contributed by atoms with Crippen LogP contribution in [0.2, 0.25) is 0 Å². The zero-order chi connectivity index (χ0) is 33.7. The molecule has 1 aliphatic heterocycles. The summed E-state index contributed by atoms with van der Waals surface area (Å²) in [5.41, 5.74) is 8.10. The van der Waals surface area contributed by atoms with Gasteiger partial charge in [0.05, 0.1) is 25.4 Å². The van der Waals surface area contributed by atoms with E-state index in [1.807, 2.05) is 0 Å². The summed E-state index contributed by atoms with van der Waals surface area (Å²) in [4.78, 5) is 60.9. The highest BCUT2D eigenvalue weighted by Gasteiger charge is 2.40. The molecule has 2 aromatic rings. The van der Waals surface area contributed by atoms with Gasteiger partial charge in [0.1, 0.15) is 12.0 Å². The molecule has 2 heterocycles. The molecule has 1 aliphatic rings. The van der Waals surface area contributed by atoms with Crippen molar-refractivity contribution < 1.29 is 46.5 Å². The van der Waals surface area contributed by atoms with E-state index in [9.17, 15) is 33.3 Å². The molecule has 3 unspecified atom stereocenters. The molecule has 1 saturated heterocycles. The van der Waals surface area contributed by atoms with Crippen molar-refractivity contribution in [2.75, 3.05) is 6.61 Å². The van der Waals surface area contributed by atoms with Crippen LogP contribution in [-0.2, 0) is 38.6 Å². The summed E-state index contributed by atoms with van der Waals surface area (Å²) in [5.74, 6) is -0.0847. The molecule has 1 fully saturated rings. The third-order valence-corrected chi connectivity index (χ3v) is 9.58. The van der Waals surface area contributed by atoms with Crippen LogP contribution in [0.15, 0.2) is 45.2 Å². The molecule has 1 aromatic heterocycles. The predicted octanol–water partition coefficient (Wildman–Crippen LogP) is 5.31. The number of hydrogen-bond donors (Lipinski definition) is 3. The van der Waals surface area contributed by atoms with E-state index in [0.29, 0.717) is 12.0 Å². The summed E-state index contributed by atoms with van der Waals surface area (Å²) in [7, 11) is -10.3. The van der Waals surface area contributed by atoms with E-state index in [4.69, 9.17) is 24.1 Å². The maximum Gasteiger partial charge on any atom is 0.481 e. The van der Waals surface area contributed by atoms with Crippen LogP contribution in [0.25, 0.3) is 10.4 Å². The average molecular weight is 688 g/mol. The monoisotopic (exact) mass is 687 g/mol. The molecular weight excluding hydrogens is 648 g/mol. The number of hydrogen-bond acceptors (Lipinski definition) is 11. The van der Waals surface area contributed by atoms with E-state index >= 15 is 0 Å². The molecule has 254 valence electrons. The first-order chi connectivity index (χ1) is 21.8. The molecule has 0 radical (unpaired) electrons. The van der Waals surface area contributed by atoms with Gasteiger partial charge in [0.25, 0.3) is 5.56 Å². The number of H-pyrrole nitrogens is 1. The second kappa shape index (κ2) is 17.7. The highest BCUT2D eigenvalue weighted by atomic mass is 31.3. The molecule has 3 rings (SSSR count). The molecule has 46 heavy (non-hydrogen) atoms. The Morgan fingerprint density at radius 3 is 2.41 bits per heavy atom. The van der Waals surface area contributed by atoms with Gasteiger partial charge in [-0.3, -0.25) is 28.2 Å². The number of unbranched alkanes of at least 4 members (excludes halogenated alkanes) is 6. The Hall–Kier alpha value is -3.10. The number of benzene rings is 1. The third-order valence-electron chi connectivity index (χ3n) is 7.00. The Balaban J connectivity index is 1.46. The van der Waals surface area contributed by atoms with E-state index in [-0.39, 0.29) is 23.7 Å². The topological polar surface area (TPSA) is 241 Å². The van der Waals surface area contributed by atoms with Crippen molar-refractivity contribution in [2.45, 2.75) is 96.6 Å². The van der Waals surface area contributed by atoms with Crippen molar-refractivity contribution in [2.24, 2.45) is 5.11 Å². The number of aromatic nitrogens is 2. The number of aromatic amines is 1. The molecule has 3 N–H and O–H groups in total. The number of nitrogens with one attached hydrogen (secondary N) is 1. The second-order valence-electron chi connectivity index (χ2n) is 10.7. The lowest BCUT2D eigenvalue weighted by molar-refractivity contribution is -0.134. The predicted molar refractivity (Wildman–Crippen MR) is 164 cm³/mol. The molecule has 1 aromatic carbocycles. The van der Waals surface area contributed by atoms with Crippen LogP contribution >= 0.6 is 15.6 Å². The summed E-state index contributed by atoms with van der Waals surface area (Å²) >= 11 is 0. The largest absolute Gasteiger partial charge is 0.481 e. The highest BCUT2D eigenvalue weighted by molar-refractivity contribution is 7.61. The summed E-state index contributed by atoms with van der Waals surface area (Å²) in [6.45, 7) is 2.39. The first kappa shape index (κ1) is 37.4. The lowest BCUT2D eigenvalue weighted by Gasteiger charge is -2.20. The number of esters is 1. The smallest absolute Gasteiger partial charge is 0.427 e. The second-order valence-corrected chi connectivity index (χ2v) is 13.7. The first-order valence-corrected chi connectivity index (χ1v) is 17.8. The number of azide groups is 1. The minimum Gasteiger partial charge on any atom is -0.427 e. The van der Waals surface area contributed by atoms with Gasteiger partial charge in [-0.15, -0.1) is 0 Å². The number of aryl methyl sites for hydroxylation is 1. The van der Waals surface area contributed by atoms with Crippen molar-refractivity contribution in [1.82, 2.24) is 9.55 Å². The highest BCUT2D eigenvalue weighted by Crippen LogP contribution is 2.61. The summed E-state index contributed by atoms with van der Waals surface area (Å²) in [6.07, 6.45) is 6.84. The number of phosphoric ester groups is 2. The van der Waals surface area contributed by atoms with Gasteiger partial charge in [-0.25, -0.2) is 13.9 Å². The number of carbonyl (C=O) groups is 1. The number of ether oxygens (including phenoxy) is 2. The fourth-order valence-electron chi connectivity index (χ4n) is 4.59. The Morgan fingerprint density at radius 2 is 1.74 bits per heavy atom. The van der Waals surface area contributed by atoms with E-state index in [0.717, 1.165) is 30.3 Å². The average Bonchev–Trinajstić information content (AvgIpc) is 3.39. The van der Waals surface area contributed by atoms with Crippen molar-refractivity contribution in [3.8, 4) is 5.75 Å². The molecule has 17 nitrogen and oxygen atoms in total. The summed E-state index contributed by atoms with van der Waals surface area (Å²) < 4.78 is 50.9. The molecule has 5 atom stereocenters. The maximum atomic E-state index is 12.4. The third kappa shape index (κ3) is 12.3. The first-order valence-electron chi connectivity index (χ1n) is 14.8. The van der Waals surface area contributed by atoms with E-state index in [1.54, 1.807) is 0 Å². The van der Waals surface area contributed by atoms with Gasteiger partial charge in [-0.05, 0) is 36.6 Å². The van der Waals surface area contributed by atoms with Crippen LogP contribution in [0.4, 0.5) is 0 Å². The normalized spacial score (nSPS) is 20.4. The number of nitrogens with zero attached hydrogens (tertiary/aromatic N) is 4. The molecule has 0 aliphatic carbocycles. The number of carbonyl (C=O) groups excluding carboxylic acids is 1. The quantitative estimate of drug-likeness (QED) is 0.0324. The SMILES string of the molecule is CCCCCCCCCC(=O)Oc1ccc(COP(=O)(O)OP(=O)(O)OC[C@H]2O[C@@H](n3cc(C)c(=O)[nH]c3=O)CC2N=[N+]=[N-])cc1. The van der Waals surface area contributed by atoms with Crippen LogP contribution in [0.1, 0.15) is 82.1 Å². The molecular formula is C27H39N5O12P2. The molecule has 0 spiro atoms. The maximum absolute atomic E-state index is 12.4. The van der Waals surface area contributed by atoms with Crippen molar-refractivity contribution in [3.05, 3.63) is 72.9 Å². The van der Waals surface area contributed by atoms with Crippen LogP contribution < -0.4 is 16.0 Å². The van der Waals surface area contributed by atoms with Crippen LogP contribution in [0.3, 0.4) is 0 Å². The molecule has 19 heteroatoms. The minimum atomic E-state index is -5.22. The van der Waals surface area contributed by atoms with Crippen LogP contribution in [0, 0.1) is 6.92 Å². The molecule has 0 bridgehead atoms. The van der Waals surface area contributed by atoms with E-state index < -0.39 is 58.5 Å². The lowest BCUT2D eigenvalue weighted by Crippen LogP contribution is -2.33. The molecule has 0 amide bonds. The number of rotatable bonds is 19. The summed E-state index contributed by atoms with van der Waals surface area (Å²) in [6, 6.07) is 4.94. The van der Waals surface area contributed by atoms with Crippen LogP contribution in [0.5, 0.6) is 5.75 Å². The van der Waals surface area contributed by atoms with Crippen molar-refractivity contribution in [1.29, 1.82) is 0 Å². The van der Waals surface area contributed by atoms with Gasteiger partial charge >= 0.3 is 27.3 Å². The van der Waals surface area contributed by atoms with Gasteiger partial charge in [-0.2, -0.15) is 4.31 Å². The Kier molecular flexibility index (Phi) is 14.4. The molecule has 0 saturated carbocycles. The number of phosphoric acid groups is 2. The van der Waals surface area contributed by atoms with Gasteiger partial charge in [0.15, 0.2) is 0 Å². The van der Waals surface area contributed by atoms with Gasteiger partial charge in [0, 0.05) is 29.5 Å². The van der Waals surface area contributed by atoms with Gasteiger partial charge in [-0.1, -0.05) is 62.7 Å². The van der Waals surface area contributed by atoms with E-state index in [2.05, 4.69) is 26.2 Å². The lowest BCUT2D eigenvalue weighted by atomic mass is 10.1. The fraction of sp³-hybridized carbons (Fsp3) is 0.593. The van der Waals surface area contributed by atoms with Crippen molar-refractivity contribution in [3.63, 3.8) is 0 Å². The standard InChI is InChI=1S/C27H39N5O12P2/c1-3-4-5-6-7-8-9-10-25(33)42-21-13-11-20(12-14-21)17-40-45(36,37)44-46(38,39)41-18-23-22(30-31-28)15-24(43-23)32-16-19(2)26(34)29-27(32)35/h11-14,16,22-24H,3-10,15,17-18H2,1-2H3,(H,36,37)(H,38,39)(H,29,34,35)/t22?,23-,24-/m1/s1. The zero-order valence-electron chi connectivity index (χ0n) is 25.6. The van der Waals surface area contributed by atoms with Gasteiger partial charge < -0.3 is 19.3 Å². The fourth-order valence-corrected chi connectivity index (χ4v) is 6.66. The Bertz CT molecular complexity index is 1570. The zero-order valence-corrected chi connectivity index (χ0v) is 27.3. The Morgan fingerprint density at radius 1 is 1.09 bits per heavy atom. The van der Waals surface area contributed by atoms with Gasteiger partial charge in [0.2, 0.25) is 0 Å². The minimum absolute atomic E-state index is 0.0428. The van der Waals surface area contributed by atoms with Crippen LogP contribution in [-0.4, -0.2) is 44.1 Å². The van der Waals surface area contributed by atoms with E-state index in [1.165, 1.54) is 56.6 Å².